The second kappa shape index (κ2) is 6.86. The van der Waals surface area contributed by atoms with E-state index in [1.54, 1.807) is 18.2 Å². The number of H-pyrrole nitrogens is 1. The van der Waals surface area contributed by atoms with E-state index in [4.69, 9.17) is 11.0 Å². The number of nitrogens with one attached hydrogen (secondary N) is 3. The maximum atomic E-state index is 12.0. The first-order valence-electron chi connectivity index (χ1n) is 6.46. The number of benzene rings is 1. The summed E-state index contributed by atoms with van der Waals surface area (Å²) in [6.45, 7) is 1.91. The van der Waals surface area contributed by atoms with Crippen molar-refractivity contribution >= 4 is 29.0 Å². The Morgan fingerprint density at radius 2 is 2.04 bits per heavy atom. The van der Waals surface area contributed by atoms with Crippen molar-refractivity contribution in [2.24, 2.45) is 10.8 Å². The van der Waals surface area contributed by atoms with Crippen LogP contribution >= 0.6 is 0 Å². The van der Waals surface area contributed by atoms with E-state index in [1.807, 2.05) is 19.1 Å². The Kier molecular flexibility index (Phi) is 4.69. The summed E-state index contributed by atoms with van der Waals surface area (Å²) in [4.78, 5) is 29.4. The lowest BCUT2D eigenvalue weighted by Gasteiger charge is -2.04. The highest BCUT2D eigenvalue weighted by molar-refractivity contribution is 6.48. The number of aromatic amines is 1. The molecule has 0 radical (unpaired) electrons. The van der Waals surface area contributed by atoms with E-state index in [9.17, 15) is 9.59 Å². The van der Waals surface area contributed by atoms with Crippen LogP contribution in [0, 0.1) is 18.3 Å². The van der Waals surface area contributed by atoms with Crippen LogP contribution in [-0.2, 0) is 4.79 Å². The number of anilines is 2. The van der Waals surface area contributed by atoms with E-state index in [-0.39, 0.29) is 11.5 Å². The molecule has 2 aromatic rings. The number of carbonyl (C=O) groups is 2. The van der Waals surface area contributed by atoms with Gasteiger partial charge in [-0.05, 0) is 19.1 Å². The normalized spacial score (nSPS) is 10.7. The van der Waals surface area contributed by atoms with Gasteiger partial charge in [-0.15, -0.1) is 0 Å². The lowest BCUT2D eigenvalue weighted by Crippen LogP contribution is -2.23. The molecule has 1 aromatic carbocycles. The van der Waals surface area contributed by atoms with Crippen molar-refractivity contribution in [1.29, 1.82) is 5.26 Å². The average Bonchev–Trinajstić information content (AvgIpc) is 2.99. The first-order chi connectivity index (χ1) is 11.0. The van der Waals surface area contributed by atoms with Gasteiger partial charge in [-0.25, -0.2) is 4.98 Å². The summed E-state index contributed by atoms with van der Waals surface area (Å²) >= 11 is 0. The lowest BCUT2D eigenvalue weighted by atomic mass is 10.2. The summed E-state index contributed by atoms with van der Waals surface area (Å²) in [7, 11) is 0. The minimum absolute atomic E-state index is 0.00928. The van der Waals surface area contributed by atoms with E-state index in [0.29, 0.717) is 5.69 Å². The molecule has 0 atom stereocenters. The minimum atomic E-state index is -0.747. The number of carbonyl (C=O) groups excluding carboxylic acids is 2. The van der Waals surface area contributed by atoms with Gasteiger partial charge in [0.2, 0.25) is 5.71 Å². The minimum Gasteiger partial charge on any atom is -0.364 e. The standard InChI is InChI=1S/C14H13N7O2/c1-8-2-4-9(5-3-8)19-14(23)10(6-15)20-21-13-11(12(16)22)17-7-18-13/h2-5,7,21H,1H3,(H2,16,22)(H,17,18)(H,19,23)/b20-10-. The number of aryl methyl sites for hydroxylation is 1. The molecule has 0 unspecified atom stereocenters. The zero-order chi connectivity index (χ0) is 16.8. The summed E-state index contributed by atoms with van der Waals surface area (Å²) in [5, 5.41) is 15.2. The molecule has 9 nitrogen and oxygen atoms in total. The SMILES string of the molecule is Cc1ccc(NC(=O)/C(C#N)=N\Nc2nc[nH]c2C(N)=O)cc1. The number of rotatable bonds is 5. The second-order valence-electron chi connectivity index (χ2n) is 4.49. The lowest BCUT2D eigenvalue weighted by molar-refractivity contribution is -0.110. The second-order valence-corrected chi connectivity index (χ2v) is 4.49. The van der Waals surface area contributed by atoms with Gasteiger partial charge < -0.3 is 16.0 Å². The first-order valence-corrected chi connectivity index (χ1v) is 6.46. The molecule has 0 spiro atoms. The number of imidazole rings is 1. The third-order valence-corrected chi connectivity index (χ3v) is 2.79. The number of aromatic nitrogens is 2. The molecule has 0 aliphatic carbocycles. The third-order valence-electron chi connectivity index (χ3n) is 2.79. The molecule has 5 N–H and O–H groups in total. The van der Waals surface area contributed by atoms with E-state index < -0.39 is 17.5 Å². The number of nitriles is 1. The van der Waals surface area contributed by atoms with Crippen LogP contribution in [0.4, 0.5) is 11.5 Å². The van der Waals surface area contributed by atoms with Crippen LogP contribution in [0.2, 0.25) is 0 Å². The Bertz CT molecular complexity index is 799. The summed E-state index contributed by atoms with van der Waals surface area (Å²) in [5.74, 6) is -1.42. The molecule has 0 aliphatic heterocycles. The maximum absolute atomic E-state index is 12.0. The van der Waals surface area contributed by atoms with Crippen molar-refractivity contribution in [2.45, 2.75) is 6.92 Å². The number of hydrogen-bond acceptors (Lipinski definition) is 6. The van der Waals surface area contributed by atoms with Crippen molar-refractivity contribution in [3.8, 4) is 6.07 Å². The van der Waals surface area contributed by atoms with Crippen LogP contribution in [0.15, 0.2) is 35.7 Å². The monoisotopic (exact) mass is 311 g/mol. The molecule has 0 fully saturated rings. The van der Waals surface area contributed by atoms with Crippen LogP contribution < -0.4 is 16.5 Å². The molecule has 0 bridgehead atoms. The molecule has 9 heteroatoms. The van der Waals surface area contributed by atoms with Crippen LogP contribution in [-0.4, -0.2) is 27.5 Å². The Labute approximate surface area is 131 Å². The van der Waals surface area contributed by atoms with E-state index in [2.05, 4.69) is 25.8 Å². The fraction of sp³-hybridized carbons (Fsp3) is 0.0714. The van der Waals surface area contributed by atoms with Crippen LogP contribution in [0.1, 0.15) is 16.1 Å². The number of nitrogens with zero attached hydrogens (tertiary/aromatic N) is 3. The average molecular weight is 311 g/mol. The largest absolute Gasteiger partial charge is 0.364 e. The first kappa shape index (κ1) is 15.7. The molecule has 1 aromatic heterocycles. The van der Waals surface area contributed by atoms with Crippen LogP contribution in [0.25, 0.3) is 0 Å². The van der Waals surface area contributed by atoms with Gasteiger partial charge >= 0.3 is 0 Å². The highest BCUT2D eigenvalue weighted by atomic mass is 16.2. The molecule has 116 valence electrons. The number of amides is 2. The molecular weight excluding hydrogens is 298 g/mol. The third kappa shape index (κ3) is 3.92. The van der Waals surface area contributed by atoms with Crippen LogP contribution in [0.3, 0.4) is 0 Å². The quantitative estimate of drug-likeness (QED) is 0.474. The molecule has 0 aliphatic rings. The van der Waals surface area contributed by atoms with Crippen molar-refractivity contribution in [3.63, 3.8) is 0 Å². The van der Waals surface area contributed by atoms with Gasteiger partial charge in [0.15, 0.2) is 5.82 Å². The van der Waals surface area contributed by atoms with Crippen molar-refractivity contribution < 1.29 is 9.59 Å². The molecular formula is C14H13N7O2. The predicted molar refractivity (Wildman–Crippen MR) is 83.6 cm³/mol. The number of hydrogen-bond donors (Lipinski definition) is 4. The molecule has 0 saturated heterocycles. The fourth-order valence-corrected chi connectivity index (χ4v) is 1.63. The Morgan fingerprint density at radius 1 is 1.35 bits per heavy atom. The van der Waals surface area contributed by atoms with E-state index >= 15 is 0 Å². The van der Waals surface area contributed by atoms with Gasteiger partial charge in [-0.2, -0.15) is 10.4 Å². The molecule has 2 amide bonds. The summed E-state index contributed by atoms with van der Waals surface area (Å²) in [5.41, 5.74) is 8.62. The van der Waals surface area contributed by atoms with E-state index in [0.717, 1.165) is 5.56 Å². The van der Waals surface area contributed by atoms with E-state index in [1.165, 1.54) is 6.33 Å². The van der Waals surface area contributed by atoms with Gasteiger partial charge in [-0.3, -0.25) is 15.0 Å². The van der Waals surface area contributed by atoms with Crippen molar-refractivity contribution in [2.75, 3.05) is 10.7 Å². The predicted octanol–water partition coefficient (Wildman–Crippen LogP) is 0.747. The Hall–Kier alpha value is -3.67. The van der Waals surface area contributed by atoms with Gasteiger partial charge in [-0.1, -0.05) is 17.7 Å². The Morgan fingerprint density at radius 3 is 2.65 bits per heavy atom. The highest BCUT2D eigenvalue weighted by Crippen LogP contribution is 2.10. The molecule has 0 saturated carbocycles. The van der Waals surface area contributed by atoms with Gasteiger partial charge in [0.25, 0.3) is 11.8 Å². The number of primary amides is 1. The summed E-state index contributed by atoms with van der Waals surface area (Å²) in [6.07, 6.45) is 1.23. The smallest absolute Gasteiger partial charge is 0.287 e. The maximum Gasteiger partial charge on any atom is 0.287 e. The molecule has 2 rings (SSSR count). The highest BCUT2D eigenvalue weighted by Gasteiger charge is 2.14. The fourth-order valence-electron chi connectivity index (χ4n) is 1.63. The number of nitrogens with two attached hydrogens (primary N) is 1. The van der Waals surface area contributed by atoms with Crippen LogP contribution in [0.5, 0.6) is 0 Å². The van der Waals surface area contributed by atoms with Gasteiger partial charge in [0, 0.05) is 5.69 Å². The summed E-state index contributed by atoms with van der Waals surface area (Å²) in [6, 6.07) is 8.71. The zero-order valence-electron chi connectivity index (χ0n) is 12.1. The van der Waals surface area contributed by atoms with Crippen molar-refractivity contribution in [1.82, 2.24) is 9.97 Å². The summed E-state index contributed by atoms with van der Waals surface area (Å²) < 4.78 is 0. The van der Waals surface area contributed by atoms with Gasteiger partial charge in [0.1, 0.15) is 11.8 Å². The van der Waals surface area contributed by atoms with Gasteiger partial charge in [0.05, 0.1) is 6.33 Å². The molecule has 1 heterocycles. The number of hydrazone groups is 1. The Balaban J connectivity index is 2.10. The van der Waals surface area contributed by atoms with Crippen molar-refractivity contribution in [3.05, 3.63) is 41.9 Å². The molecule has 23 heavy (non-hydrogen) atoms. The zero-order valence-corrected chi connectivity index (χ0v) is 12.1. The topological polar surface area (TPSA) is 149 Å².